The molecule has 4 nitrogen and oxygen atoms in total. The number of alkyl halides is 2. The molecule has 1 aliphatic carbocycles. The normalized spacial score (nSPS) is 18.6. The van der Waals surface area contributed by atoms with Crippen molar-refractivity contribution in [2.24, 2.45) is 0 Å². The van der Waals surface area contributed by atoms with Gasteiger partial charge in [0.05, 0.1) is 7.11 Å². The summed E-state index contributed by atoms with van der Waals surface area (Å²) in [5.41, 5.74) is 1.18. The van der Waals surface area contributed by atoms with Crippen LogP contribution in [-0.2, 0) is 4.74 Å². The predicted octanol–water partition coefficient (Wildman–Crippen LogP) is 3.17. The first-order valence-corrected chi connectivity index (χ1v) is 6.60. The highest BCUT2D eigenvalue weighted by Gasteiger charge is 2.35. The van der Waals surface area contributed by atoms with Crippen LogP contribution >= 0.6 is 0 Å². The van der Waals surface area contributed by atoms with Crippen molar-refractivity contribution in [2.45, 2.75) is 44.6 Å². The standard InChI is InChI=1S/C14H18F2N2O2/c1-9-7-11(13(19)20-2)12(17-8-9)18-10-3-5-14(15,16)6-4-10/h7-8,10H,3-6H2,1-2H3,(H,17,18). The van der Waals surface area contributed by atoms with Gasteiger partial charge in [-0.05, 0) is 31.4 Å². The minimum atomic E-state index is -2.57. The number of halogens is 2. The molecular weight excluding hydrogens is 266 g/mol. The third-order valence-corrected chi connectivity index (χ3v) is 3.49. The van der Waals surface area contributed by atoms with Crippen LogP contribution in [0.4, 0.5) is 14.6 Å². The van der Waals surface area contributed by atoms with Crippen molar-refractivity contribution in [3.05, 3.63) is 23.4 Å². The number of hydrogen-bond donors (Lipinski definition) is 1. The Hall–Kier alpha value is -1.72. The quantitative estimate of drug-likeness (QED) is 0.866. The Kier molecular flexibility index (Phi) is 4.20. The molecule has 6 heteroatoms. The van der Waals surface area contributed by atoms with Crippen molar-refractivity contribution in [3.63, 3.8) is 0 Å². The number of esters is 1. The van der Waals surface area contributed by atoms with Gasteiger partial charge in [-0.25, -0.2) is 18.6 Å². The minimum absolute atomic E-state index is 0.0896. The van der Waals surface area contributed by atoms with Gasteiger partial charge in [-0.2, -0.15) is 0 Å². The molecular formula is C14H18F2N2O2. The lowest BCUT2D eigenvalue weighted by Gasteiger charge is -2.29. The van der Waals surface area contributed by atoms with Crippen molar-refractivity contribution in [3.8, 4) is 0 Å². The van der Waals surface area contributed by atoms with Gasteiger partial charge >= 0.3 is 5.97 Å². The van der Waals surface area contributed by atoms with Gasteiger partial charge in [0.15, 0.2) is 0 Å². The van der Waals surface area contributed by atoms with Gasteiger partial charge < -0.3 is 10.1 Å². The largest absolute Gasteiger partial charge is 0.465 e. The van der Waals surface area contributed by atoms with Crippen molar-refractivity contribution < 1.29 is 18.3 Å². The van der Waals surface area contributed by atoms with Crippen LogP contribution in [0.15, 0.2) is 12.3 Å². The van der Waals surface area contributed by atoms with Crippen molar-refractivity contribution in [1.29, 1.82) is 0 Å². The number of nitrogens with zero attached hydrogens (tertiary/aromatic N) is 1. The molecule has 1 aliphatic rings. The van der Waals surface area contributed by atoms with Gasteiger partial charge in [-0.3, -0.25) is 0 Å². The first-order chi connectivity index (χ1) is 9.41. The zero-order valence-electron chi connectivity index (χ0n) is 11.6. The second kappa shape index (κ2) is 5.73. The number of nitrogens with one attached hydrogen (secondary N) is 1. The molecule has 1 heterocycles. The van der Waals surface area contributed by atoms with E-state index in [-0.39, 0.29) is 18.9 Å². The second-order valence-corrected chi connectivity index (χ2v) is 5.17. The fourth-order valence-corrected chi connectivity index (χ4v) is 2.33. The number of aryl methyl sites for hydroxylation is 1. The van der Waals surface area contributed by atoms with Gasteiger partial charge in [0.1, 0.15) is 11.4 Å². The summed E-state index contributed by atoms with van der Waals surface area (Å²) in [6.45, 7) is 1.82. The monoisotopic (exact) mass is 284 g/mol. The lowest BCUT2D eigenvalue weighted by atomic mass is 9.92. The van der Waals surface area contributed by atoms with Crippen LogP contribution in [0.3, 0.4) is 0 Å². The van der Waals surface area contributed by atoms with Gasteiger partial charge in [0, 0.05) is 25.1 Å². The van der Waals surface area contributed by atoms with Crippen molar-refractivity contribution >= 4 is 11.8 Å². The van der Waals surface area contributed by atoms with E-state index in [0.717, 1.165) is 5.56 Å². The molecule has 1 N–H and O–H groups in total. The van der Waals surface area contributed by atoms with Crippen LogP contribution in [0.5, 0.6) is 0 Å². The molecule has 1 saturated carbocycles. The Morgan fingerprint density at radius 2 is 2.10 bits per heavy atom. The van der Waals surface area contributed by atoms with E-state index >= 15 is 0 Å². The number of rotatable bonds is 3. The molecule has 1 aromatic rings. The van der Waals surface area contributed by atoms with E-state index in [9.17, 15) is 13.6 Å². The summed E-state index contributed by atoms with van der Waals surface area (Å²) < 4.78 is 30.9. The van der Waals surface area contributed by atoms with E-state index in [4.69, 9.17) is 4.74 Å². The Balaban J connectivity index is 2.11. The number of anilines is 1. The molecule has 2 rings (SSSR count). The molecule has 1 aromatic heterocycles. The fraction of sp³-hybridized carbons (Fsp3) is 0.571. The van der Waals surface area contributed by atoms with Gasteiger partial charge in [-0.1, -0.05) is 0 Å². The Morgan fingerprint density at radius 1 is 1.45 bits per heavy atom. The Bertz CT molecular complexity index is 496. The maximum absolute atomic E-state index is 13.1. The summed E-state index contributed by atoms with van der Waals surface area (Å²) in [5, 5.41) is 3.08. The average molecular weight is 284 g/mol. The molecule has 0 aliphatic heterocycles. The molecule has 0 aromatic carbocycles. The van der Waals surface area contributed by atoms with Crippen LogP contribution in [0.2, 0.25) is 0 Å². The van der Waals surface area contributed by atoms with E-state index in [0.29, 0.717) is 24.2 Å². The number of pyridine rings is 1. The summed E-state index contributed by atoms with van der Waals surface area (Å²) in [4.78, 5) is 15.9. The number of aromatic nitrogens is 1. The summed E-state index contributed by atoms with van der Waals surface area (Å²) in [6.07, 6.45) is 2.09. The van der Waals surface area contributed by atoms with E-state index in [1.54, 1.807) is 12.3 Å². The number of ether oxygens (including phenoxy) is 1. The van der Waals surface area contributed by atoms with Gasteiger partial charge in [0.25, 0.3) is 0 Å². The zero-order valence-corrected chi connectivity index (χ0v) is 11.6. The summed E-state index contributed by atoms with van der Waals surface area (Å²) in [5.74, 6) is -2.65. The number of carbonyl (C=O) groups is 1. The zero-order chi connectivity index (χ0) is 14.8. The SMILES string of the molecule is COC(=O)c1cc(C)cnc1NC1CCC(F)(F)CC1. The highest BCUT2D eigenvalue weighted by atomic mass is 19.3. The first-order valence-electron chi connectivity index (χ1n) is 6.60. The number of carbonyl (C=O) groups excluding carboxylic acids is 1. The maximum atomic E-state index is 13.1. The molecule has 0 atom stereocenters. The van der Waals surface area contributed by atoms with Crippen molar-refractivity contribution in [1.82, 2.24) is 4.98 Å². The summed E-state index contributed by atoms with van der Waals surface area (Å²) in [6, 6.07) is 1.59. The number of methoxy groups -OCH3 is 1. The molecule has 0 spiro atoms. The van der Waals surface area contributed by atoms with E-state index in [2.05, 4.69) is 10.3 Å². The molecule has 20 heavy (non-hydrogen) atoms. The first kappa shape index (κ1) is 14.7. The summed E-state index contributed by atoms with van der Waals surface area (Å²) in [7, 11) is 1.30. The lowest BCUT2D eigenvalue weighted by Crippen LogP contribution is -2.32. The third-order valence-electron chi connectivity index (χ3n) is 3.49. The molecule has 0 bridgehead atoms. The van der Waals surface area contributed by atoms with Crippen LogP contribution in [0.25, 0.3) is 0 Å². The van der Waals surface area contributed by atoms with Crippen LogP contribution in [0.1, 0.15) is 41.6 Å². The third kappa shape index (κ3) is 3.43. The second-order valence-electron chi connectivity index (χ2n) is 5.17. The van der Waals surface area contributed by atoms with Crippen molar-refractivity contribution in [2.75, 3.05) is 12.4 Å². The maximum Gasteiger partial charge on any atom is 0.341 e. The molecule has 1 fully saturated rings. The fourth-order valence-electron chi connectivity index (χ4n) is 2.33. The molecule has 0 amide bonds. The van der Waals surface area contributed by atoms with Crippen LogP contribution in [0, 0.1) is 6.92 Å². The molecule has 0 saturated heterocycles. The molecule has 0 unspecified atom stereocenters. The lowest BCUT2D eigenvalue weighted by molar-refractivity contribution is -0.0361. The number of hydrogen-bond acceptors (Lipinski definition) is 4. The molecule has 0 radical (unpaired) electrons. The van der Waals surface area contributed by atoms with E-state index in [1.165, 1.54) is 7.11 Å². The predicted molar refractivity (Wildman–Crippen MR) is 71.1 cm³/mol. The molecule has 110 valence electrons. The van der Waals surface area contributed by atoms with Crippen LogP contribution < -0.4 is 5.32 Å². The van der Waals surface area contributed by atoms with E-state index < -0.39 is 11.9 Å². The van der Waals surface area contributed by atoms with Crippen LogP contribution in [-0.4, -0.2) is 30.0 Å². The summed E-state index contributed by atoms with van der Waals surface area (Å²) >= 11 is 0. The highest BCUT2D eigenvalue weighted by molar-refractivity contribution is 5.94. The van der Waals surface area contributed by atoms with Gasteiger partial charge in [0.2, 0.25) is 5.92 Å². The van der Waals surface area contributed by atoms with E-state index in [1.807, 2.05) is 6.92 Å². The average Bonchev–Trinajstić information content (AvgIpc) is 2.42. The Labute approximate surface area is 116 Å². The highest BCUT2D eigenvalue weighted by Crippen LogP contribution is 2.34. The Morgan fingerprint density at radius 3 is 2.70 bits per heavy atom. The smallest absolute Gasteiger partial charge is 0.341 e. The minimum Gasteiger partial charge on any atom is -0.465 e. The van der Waals surface area contributed by atoms with Gasteiger partial charge in [-0.15, -0.1) is 0 Å². The topological polar surface area (TPSA) is 51.2 Å².